The highest BCUT2D eigenvalue weighted by molar-refractivity contribution is 6.29. The predicted molar refractivity (Wildman–Crippen MR) is 63.5 cm³/mol. The van der Waals surface area contributed by atoms with Crippen LogP contribution in [0.5, 0.6) is 0 Å². The van der Waals surface area contributed by atoms with Gasteiger partial charge in [-0.1, -0.05) is 25.4 Å². The van der Waals surface area contributed by atoms with Gasteiger partial charge in [-0.2, -0.15) is 0 Å². The largest absolute Gasteiger partial charge is 0.337 e. The molecular weight excluding hydrogens is 226 g/mol. The van der Waals surface area contributed by atoms with Gasteiger partial charge in [-0.3, -0.25) is 4.79 Å². The number of halogens is 1. The fourth-order valence-corrected chi connectivity index (χ4v) is 1.70. The van der Waals surface area contributed by atoms with Crippen molar-refractivity contribution in [1.29, 1.82) is 0 Å². The Bertz CT molecular complexity index is 349. The molecule has 1 aromatic rings. The first kappa shape index (κ1) is 12.9. The average molecular weight is 242 g/mol. The van der Waals surface area contributed by atoms with Crippen molar-refractivity contribution in [3.63, 3.8) is 0 Å². The molecule has 0 bridgehead atoms. The molecule has 0 radical (unpaired) electrons. The summed E-state index contributed by atoms with van der Waals surface area (Å²) in [6.45, 7) is 4.12. The van der Waals surface area contributed by atoms with Crippen molar-refractivity contribution < 1.29 is 4.79 Å². The number of carbonyl (C=O) groups excluding carboxylic acids is 1. The normalized spacial score (nSPS) is 10.6. The second-order valence-corrected chi connectivity index (χ2v) is 4.00. The van der Waals surface area contributed by atoms with Gasteiger partial charge in [0.1, 0.15) is 10.8 Å². The summed E-state index contributed by atoms with van der Waals surface area (Å²) in [7, 11) is 1.79. The Balaban J connectivity index is 2.81. The first-order chi connectivity index (χ1) is 7.60. The molecule has 0 fully saturated rings. The molecule has 0 spiro atoms. The van der Waals surface area contributed by atoms with Crippen molar-refractivity contribution in [2.75, 3.05) is 7.05 Å². The van der Waals surface area contributed by atoms with E-state index < -0.39 is 0 Å². The molecule has 1 heterocycles. The standard InChI is InChI=1S/C11H16ClN3O/c1-4-8(5-2)15(3)11(16)9-6-14-10(12)7-13-9/h6-8H,4-5H2,1-3H3. The molecule has 88 valence electrons. The Kier molecular flexibility index (Phi) is 4.68. The van der Waals surface area contributed by atoms with E-state index in [1.54, 1.807) is 11.9 Å². The number of amides is 1. The highest BCUT2D eigenvalue weighted by atomic mass is 35.5. The third-order valence-corrected chi connectivity index (χ3v) is 2.85. The summed E-state index contributed by atoms with van der Waals surface area (Å²) >= 11 is 5.61. The van der Waals surface area contributed by atoms with Crippen LogP contribution in [0.25, 0.3) is 0 Å². The highest BCUT2D eigenvalue weighted by Gasteiger charge is 2.19. The summed E-state index contributed by atoms with van der Waals surface area (Å²) in [5.41, 5.74) is 0.332. The van der Waals surface area contributed by atoms with E-state index >= 15 is 0 Å². The van der Waals surface area contributed by atoms with Gasteiger partial charge in [-0.25, -0.2) is 9.97 Å². The average Bonchev–Trinajstić information content (AvgIpc) is 2.30. The summed E-state index contributed by atoms with van der Waals surface area (Å²) in [6.07, 6.45) is 4.65. The summed E-state index contributed by atoms with van der Waals surface area (Å²) in [4.78, 5) is 21.5. The molecule has 0 N–H and O–H groups in total. The van der Waals surface area contributed by atoms with Gasteiger partial charge in [0.25, 0.3) is 5.91 Å². The summed E-state index contributed by atoms with van der Waals surface area (Å²) in [5.74, 6) is -0.113. The van der Waals surface area contributed by atoms with Crippen molar-refractivity contribution in [1.82, 2.24) is 14.9 Å². The Labute approximate surface area is 101 Å². The van der Waals surface area contributed by atoms with Crippen LogP contribution in [0.2, 0.25) is 5.15 Å². The van der Waals surface area contributed by atoms with Crippen LogP contribution in [0, 0.1) is 0 Å². The number of hydrogen-bond donors (Lipinski definition) is 0. The van der Waals surface area contributed by atoms with Crippen LogP contribution in [0.1, 0.15) is 37.2 Å². The Morgan fingerprint density at radius 1 is 1.38 bits per heavy atom. The van der Waals surface area contributed by atoms with Crippen LogP contribution in [0.4, 0.5) is 0 Å². The molecule has 16 heavy (non-hydrogen) atoms. The molecule has 4 nitrogen and oxygen atoms in total. The first-order valence-corrected chi connectivity index (χ1v) is 5.72. The van der Waals surface area contributed by atoms with E-state index in [2.05, 4.69) is 23.8 Å². The fraction of sp³-hybridized carbons (Fsp3) is 0.545. The molecule has 0 saturated carbocycles. The zero-order chi connectivity index (χ0) is 12.1. The van der Waals surface area contributed by atoms with Crippen LogP contribution in [-0.2, 0) is 0 Å². The molecule has 1 aromatic heterocycles. The van der Waals surface area contributed by atoms with Crippen molar-refractivity contribution in [3.8, 4) is 0 Å². The van der Waals surface area contributed by atoms with Gasteiger partial charge >= 0.3 is 0 Å². The molecule has 5 heteroatoms. The van der Waals surface area contributed by atoms with E-state index in [1.807, 2.05) is 0 Å². The second kappa shape index (κ2) is 5.80. The molecule has 1 amide bonds. The van der Waals surface area contributed by atoms with E-state index in [0.717, 1.165) is 12.8 Å². The third-order valence-electron chi connectivity index (χ3n) is 2.65. The lowest BCUT2D eigenvalue weighted by molar-refractivity contribution is 0.0717. The lowest BCUT2D eigenvalue weighted by Gasteiger charge is -2.25. The minimum atomic E-state index is -0.113. The first-order valence-electron chi connectivity index (χ1n) is 5.34. The van der Waals surface area contributed by atoms with Crippen molar-refractivity contribution in [3.05, 3.63) is 23.2 Å². The lowest BCUT2D eigenvalue weighted by atomic mass is 10.1. The van der Waals surface area contributed by atoms with Crippen molar-refractivity contribution in [2.24, 2.45) is 0 Å². The zero-order valence-corrected chi connectivity index (χ0v) is 10.5. The molecule has 0 aliphatic rings. The van der Waals surface area contributed by atoms with Gasteiger partial charge in [0, 0.05) is 13.1 Å². The summed E-state index contributed by atoms with van der Waals surface area (Å²) in [6, 6.07) is 0.241. The van der Waals surface area contributed by atoms with E-state index in [-0.39, 0.29) is 11.9 Å². The predicted octanol–water partition coefficient (Wildman–Crippen LogP) is 2.39. The maximum absolute atomic E-state index is 12.0. The maximum Gasteiger partial charge on any atom is 0.274 e. The smallest absolute Gasteiger partial charge is 0.274 e. The molecule has 0 aliphatic carbocycles. The third kappa shape index (κ3) is 2.92. The quantitative estimate of drug-likeness (QED) is 0.813. The number of aromatic nitrogens is 2. The Morgan fingerprint density at radius 3 is 2.44 bits per heavy atom. The minimum absolute atomic E-state index is 0.113. The van der Waals surface area contributed by atoms with Crippen LogP contribution in [0.15, 0.2) is 12.4 Å². The minimum Gasteiger partial charge on any atom is -0.337 e. The van der Waals surface area contributed by atoms with E-state index in [1.165, 1.54) is 12.4 Å². The maximum atomic E-state index is 12.0. The summed E-state index contributed by atoms with van der Waals surface area (Å²) in [5, 5.41) is 0.293. The number of carbonyl (C=O) groups is 1. The molecule has 0 aromatic carbocycles. The monoisotopic (exact) mass is 241 g/mol. The second-order valence-electron chi connectivity index (χ2n) is 3.61. The highest BCUT2D eigenvalue weighted by Crippen LogP contribution is 2.10. The fourth-order valence-electron chi connectivity index (χ4n) is 1.61. The van der Waals surface area contributed by atoms with Crippen LogP contribution in [-0.4, -0.2) is 33.9 Å². The van der Waals surface area contributed by atoms with Gasteiger partial charge in [0.05, 0.1) is 12.4 Å². The van der Waals surface area contributed by atoms with Crippen LogP contribution in [0.3, 0.4) is 0 Å². The molecule has 0 saturated heterocycles. The van der Waals surface area contributed by atoms with E-state index in [9.17, 15) is 4.79 Å². The number of rotatable bonds is 4. The summed E-state index contributed by atoms with van der Waals surface area (Å²) < 4.78 is 0. The molecule has 0 aliphatic heterocycles. The number of hydrogen-bond acceptors (Lipinski definition) is 3. The molecule has 0 atom stereocenters. The van der Waals surface area contributed by atoms with Gasteiger partial charge < -0.3 is 4.90 Å². The van der Waals surface area contributed by atoms with Gasteiger partial charge in [-0.15, -0.1) is 0 Å². The Hall–Kier alpha value is -1.16. The molecular formula is C11H16ClN3O. The van der Waals surface area contributed by atoms with Crippen LogP contribution >= 0.6 is 11.6 Å². The zero-order valence-electron chi connectivity index (χ0n) is 9.77. The lowest BCUT2D eigenvalue weighted by Crippen LogP contribution is -2.36. The topological polar surface area (TPSA) is 46.1 Å². The van der Waals surface area contributed by atoms with Gasteiger partial charge in [0.2, 0.25) is 0 Å². The van der Waals surface area contributed by atoms with E-state index in [0.29, 0.717) is 10.8 Å². The van der Waals surface area contributed by atoms with Crippen molar-refractivity contribution >= 4 is 17.5 Å². The van der Waals surface area contributed by atoms with Gasteiger partial charge in [-0.05, 0) is 12.8 Å². The molecule has 1 rings (SSSR count). The van der Waals surface area contributed by atoms with Crippen molar-refractivity contribution in [2.45, 2.75) is 32.7 Å². The Morgan fingerprint density at radius 2 is 2.00 bits per heavy atom. The van der Waals surface area contributed by atoms with E-state index in [4.69, 9.17) is 11.6 Å². The van der Waals surface area contributed by atoms with Crippen LogP contribution < -0.4 is 0 Å². The molecule has 0 unspecified atom stereocenters. The van der Waals surface area contributed by atoms with Gasteiger partial charge in [0.15, 0.2) is 0 Å². The SMILES string of the molecule is CCC(CC)N(C)C(=O)c1cnc(Cl)cn1. The number of nitrogens with zero attached hydrogens (tertiary/aromatic N) is 3.